The van der Waals surface area contributed by atoms with E-state index in [1.165, 1.54) is 29.5 Å². The molecule has 3 rings (SSSR count). The fraction of sp³-hybridized carbons (Fsp3) is 0.190. The number of nitrogens with one attached hydrogen (secondary N) is 1. The number of aromatic nitrogens is 3. The van der Waals surface area contributed by atoms with Gasteiger partial charge in [-0.05, 0) is 24.6 Å². The van der Waals surface area contributed by atoms with Crippen LogP contribution < -0.4 is 5.32 Å². The molecule has 0 spiro atoms. The summed E-state index contributed by atoms with van der Waals surface area (Å²) in [5.41, 5.74) is 2.92. The lowest BCUT2D eigenvalue weighted by Crippen LogP contribution is -2.24. The Morgan fingerprint density at radius 3 is 2.53 bits per heavy atom. The molecule has 1 aromatic heterocycles. The van der Waals surface area contributed by atoms with Gasteiger partial charge in [-0.1, -0.05) is 47.7 Å². The number of carbonyl (C=O) groups excluding carboxylic acids is 1. The van der Waals surface area contributed by atoms with Crippen molar-refractivity contribution in [1.29, 1.82) is 0 Å². The first-order valence-corrected chi connectivity index (χ1v) is 10.2. The standard InChI is InChI=1S/C21H21N5O3S/c1-3-12-25-20(17-8-10-18(11-9-17)26(28)29)23-24-21(25)30-14-19(27)22-13-16-6-4-15(2)5-7-16/h3-11H,1,12-14H2,2H3,(H,22,27). The molecule has 0 bridgehead atoms. The van der Waals surface area contributed by atoms with E-state index in [-0.39, 0.29) is 17.3 Å². The minimum absolute atomic E-state index is 0.00776. The largest absolute Gasteiger partial charge is 0.351 e. The van der Waals surface area contributed by atoms with E-state index in [4.69, 9.17) is 0 Å². The maximum Gasteiger partial charge on any atom is 0.269 e. The Kier molecular flexibility index (Phi) is 6.97. The summed E-state index contributed by atoms with van der Waals surface area (Å²) in [5, 5.41) is 22.7. The highest BCUT2D eigenvalue weighted by atomic mass is 32.2. The average molecular weight is 423 g/mol. The Balaban J connectivity index is 1.65. The minimum atomic E-state index is -0.450. The number of carbonyl (C=O) groups is 1. The van der Waals surface area contributed by atoms with Crippen molar-refractivity contribution in [2.75, 3.05) is 5.75 Å². The van der Waals surface area contributed by atoms with Crippen molar-refractivity contribution in [3.63, 3.8) is 0 Å². The van der Waals surface area contributed by atoms with Crippen LogP contribution in [-0.2, 0) is 17.9 Å². The van der Waals surface area contributed by atoms with Gasteiger partial charge >= 0.3 is 0 Å². The van der Waals surface area contributed by atoms with Gasteiger partial charge in [-0.3, -0.25) is 19.5 Å². The number of hydrogen-bond acceptors (Lipinski definition) is 6. The smallest absolute Gasteiger partial charge is 0.269 e. The van der Waals surface area contributed by atoms with E-state index < -0.39 is 4.92 Å². The van der Waals surface area contributed by atoms with Crippen molar-refractivity contribution in [1.82, 2.24) is 20.1 Å². The number of benzene rings is 2. The van der Waals surface area contributed by atoms with Gasteiger partial charge in [0.2, 0.25) is 5.91 Å². The number of nitro groups is 1. The first-order valence-electron chi connectivity index (χ1n) is 9.22. The highest BCUT2D eigenvalue weighted by Crippen LogP contribution is 2.25. The number of thioether (sulfide) groups is 1. The number of nitrogens with zero attached hydrogens (tertiary/aromatic N) is 4. The molecule has 0 saturated carbocycles. The second-order valence-electron chi connectivity index (χ2n) is 6.56. The van der Waals surface area contributed by atoms with E-state index in [2.05, 4.69) is 22.1 Å². The highest BCUT2D eigenvalue weighted by molar-refractivity contribution is 7.99. The predicted molar refractivity (Wildman–Crippen MR) is 116 cm³/mol. The van der Waals surface area contributed by atoms with Crippen molar-refractivity contribution in [3.05, 3.63) is 82.4 Å². The third-order valence-electron chi connectivity index (χ3n) is 4.31. The summed E-state index contributed by atoms with van der Waals surface area (Å²) in [6.07, 6.45) is 1.71. The quantitative estimate of drug-likeness (QED) is 0.243. The summed E-state index contributed by atoms with van der Waals surface area (Å²) in [5.74, 6) is 0.652. The van der Waals surface area contributed by atoms with E-state index >= 15 is 0 Å². The Bertz CT molecular complexity index is 1050. The van der Waals surface area contributed by atoms with Crippen LogP contribution in [0.4, 0.5) is 5.69 Å². The van der Waals surface area contributed by atoms with Crippen LogP contribution in [0.5, 0.6) is 0 Å². The number of allylic oxidation sites excluding steroid dienone is 1. The summed E-state index contributed by atoms with van der Waals surface area (Å²) < 4.78 is 1.83. The monoisotopic (exact) mass is 423 g/mol. The molecular weight excluding hydrogens is 402 g/mol. The van der Waals surface area contributed by atoms with Crippen molar-refractivity contribution >= 4 is 23.4 Å². The SMILES string of the molecule is C=CCn1c(SCC(=O)NCc2ccc(C)cc2)nnc1-c1ccc([N+](=O)[O-])cc1. The maximum atomic E-state index is 12.2. The molecule has 0 fully saturated rings. The Morgan fingerprint density at radius 2 is 1.90 bits per heavy atom. The molecule has 3 aromatic rings. The van der Waals surface area contributed by atoms with Crippen molar-refractivity contribution in [2.45, 2.75) is 25.2 Å². The van der Waals surface area contributed by atoms with Crippen LogP contribution in [-0.4, -0.2) is 31.3 Å². The van der Waals surface area contributed by atoms with Crippen LogP contribution >= 0.6 is 11.8 Å². The van der Waals surface area contributed by atoms with Crippen LogP contribution in [0.1, 0.15) is 11.1 Å². The van der Waals surface area contributed by atoms with Gasteiger partial charge in [-0.25, -0.2) is 0 Å². The molecular formula is C21H21N5O3S. The molecule has 30 heavy (non-hydrogen) atoms. The number of aryl methyl sites for hydroxylation is 1. The first-order chi connectivity index (χ1) is 14.5. The Morgan fingerprint density at radius 1 is 1.20 bits per heavy atom. The highest BCUT2D eigenvalue weighted by Gasteiger charge is 2.16. The van der Waals surface area contributed by atoms with Crippen LogP contribution in [0.25, 0.3) is 11.4 Å². The molecule has 1 N–H and O–H groups in total. The zero-order chi connectivity index (χ0) is 21.5. The zero-order valence-corrected chi connectivity index (χ0v) is 17.3. The number of hydrogen-bond donors (Lipinski definition) is 1. The van der Waals surface area contributed by atoms with E-state index in [0.29, 0.717) is 29.6 Å². The summed E-state index contributed by atoms with van der Waals surface area (Å²) >= 11 is 1.28. The summed E-state index contributed by atoms with van der Waals surface area (Å²) in [6, 6.07) is 14.1. The molecule has 0 radical (unpaired) electrons. The molecule has 2 aromatic carbocycles. The second-order valence-corrected chi connectivity index (χ2v) is 7.50. The zero-order valence-electron chi connectivity index (χ0n) is 16.4. The summed E-state index contributed by atoms with van der Waals surface area (Å²) in [6.45, 7) is 6.69. The van der Waals surface area contributed by atoms with E-state index in [0.717, 1.165) is 5.56 Å². The van der Waals surface area contributed by atoms with Gasteiger partial charge < -0.3 is 5.32 Å². The lowest BCUT2D eigenvalue weighted by molar-refractivity contribution is -0.384. The molecule has 9 heteroatoms. The van der Waals surface area contributed by atoms with Crippen molar-refractivity contribution in [3.8, 4) is 11.4 Å². The summed E-state index contributed by atoms with van der Waals surface area (Å²) in [4.78, 5) is 22.6. The molecule has 8 nitrogen and oxygen atoms in total. The van der Waals surface area contributed by atoms with Gasteiger partial charge in [0.15, 0.2) is 11.0 Å². The number of nitro benzene ring substituents is 1. The second kappa shape index (κ2) is 9.84. The van der Waals surface area contributed by atoms with Crippen LogP contribution in [0.15, 0.2) is 66.3 Å². The molecule has 1 amide bonds. The molecule has 0 atom stereocenters. The van der Waals surface area contributed by atoms with Gasteiger partial charge in [0.1, 0.15) is 0 Å². The minimum Gasteiger partial charge on any atom is -0.351 e. The number of amides is 1. The third-order valence-corrected chi connectivity index (χ3v) is 5.27. The lowest BCUT2D eigenvalue weighted by atomic mass is 10.1. The van der Waals surface area contributed by atoms with Crippen LogP contribution in [0.2, 0.25) is 0 Å². The van der Waals surface area contributed by atoms with Gasteiger partial charge in [0.25, 0.3) is 5.69 Å². The van der Waals surface area contributed by atoms with E-state index in [1.54, 1.807) is 18.2 Å². The fourth-order valence-corrected chi connectivity index (χ4v) is 3.50. The lowest BCUT2D eigenvalue weighted by Gasteiger charge is -2.08. The molecule has 154 valence electrons. The van der Waals surface area contributed by atoms with Crippen molar-refractivity contribution in [2.24, 2.45) is 0 Å². The number of rotatable bonds is 9. The normalized spacial score (nSPS) is 10.6. The molecule has 0 aliphatic heterocycles. The molecule has 0 aliphatic rings. The molecule has 1 heterocycles. The Hall–Kier alpha value is -3.46. The van der Waals surface area contributed by atoms with E-state index in [1.807, 2.05) is 35.8 Å². The predicted octanol–water partition coefficient (Wildman–Crippen LogP) is 3.76. The van der Waals surface area contributed by atoms with Gasteiger partial charge in [-0.2, -0.15) is 0 Å². The maximum absolute atomic E-state index is 12.2. The first kappa shape index (κ1) is 21.3. The Labute approximate surface area is 178 Å². The topological polar surface area (TPSA) is 103 Å². The van der Waals surface area contributed by atoms with Gasteiger partial charge in [-0.15, -0.1) is 16.8 Å². The van der Waals surface area contributed by atoms with Gasteiger partial charge in [0, 0.05) is 30.8 Å². The third kappa shape index (κ3) is 5.32. The van der Waals surface area contributed by atoms with Crippen LogP contribution in [0.3, 0.4) is 0 Å². The summed E-state index contributed by atoms with van der Waals surface area (Å²) in [7, 11) is 0. The molecule has 0 saturated heterocycles. The average Bonchev–Trinajstić information content (AvgIpc) is 3.14. The van der Waals surface area contributed by atoms with Crippen LogP contribution in [0, 0.1) is 17.0 Å². The number of non-ortho nitro benzene ring substituents is 1. The fourth-order valence-electron chi connectivity index (χ4n) is 2.72. The molecule has 0 unspecified atom stereocenters. The van der Waals surface area contributed by atoms with E-state index in [9.17, 15) is 14.9 Å². The van der Waals surface area contributed by atoms with Gasteiger partial charge in [0.05, 0.1) is 10.7 Å². The molecule has 0 aliphatic carbocycles. The van der Waals surface area contributed by atoms with Crippen molar-refractivity contribution < 1.29 is 9.72 Å².